The number of aryl methyl sites for hydroxylation is 2. The summed E-state index contributed by atoms with van der Waals surface area (Å²) in [5, 5.41) is 0. The van der Waals surface area contributed by atoms with Crippen LogP contribution in [0.4, 0.5) is 11.5 Å². The molecule has 5 nitrogen and oxygen atoms in total. The number of piperidine rings is 1. The Kier molecular flexibility index (Phi) is 5.55. The number of hydrogen-bond acceptors (Lipinski definition) is 4. The van der Waals surface area contributed by atoms with Gasteiger partial charge in [-0.3, -0.25) is 4.79 Å². The van der Waals surface area contributed by atoms with E-state index in [9.17, 15) is 4.79 Å². The molecule has 1 aromatic heterocycles. The highest BCUT2D eigenvalue weighted by atomic mass is 16.2. The molecule has 1 atom stereocenters. The SMILES string of the molecule is CCN(C(=O)c1cc(N2CCCC(C)C2)nc(C)n1)c1cccc(C)c1. The van der Waals surface area contributed by atoms with Crippen molar-refractivity contribution in [2.24, 2.45) is 5.92 Å². The fourth-order valence-electron chi connectivity index (χ4n) is 3.60. The first-order valence-corrected chi connectivity index (χ1v) is 9.47. The third kappa shape index (κ3) is 4.03. The van der Waals surface area contributed by atoms with E-state index in [1.54, 1.807) is 4.90 Å². The maximum absolute atomic E-state index is 13.2. The molecule has 1 aliphatic rings. The molecular formula is C21H28N4O. The van der Waals surface area contributed by atoms with E-state index in [1.165, 1.54) is 6.42 Å². The van der Waals surface area contributed by atoms with E-state index in [-0.39, 0.29) is 5.91 Å². The molecule has 5 heteroatoms. The van der Waals surface area contributed by atoms with Crippen molar-refractivity contribution in [2.45, 2.75) is 40.5 Å². The zero-order chi connectivity index (χ0) is 18.7. The first-order chi connectivity index (χ1) is 12.5. The second kappa shape index (κ2) is 7.85. The van der Waals surface area contributed by atoms with E-state index in [0.29, 0.717) is 24.0 Å². The van der Waals surface area contributed by atoms with Gasteiger partial charge in [-0.2, -0.15) is 0 Å². The number of nitrogens with zero attached hydrogens (tertiary/aromatic N) is 4. The van der Waals surface area contributed by atoms with Crippen molar-refractivity contribution >= 4 is 17.4 Å². The summed E-state index contributed by atoms with van der Waals surface area (Å²) < 4.78 is 0. The van der Waals surface area contributed by atoms with Gasteiger partial charge in [-0.25, -0.2) is 9.97 Å². The minimum absolute atomic E-state index is 0.0742. The van der Waals surface area contributed by atoms with E-state index in [2.05, 4.69) is 21.8 Å². The molecule has 1 aromatic carbocycles. The lowest BCUT2D eigenvalue weighted by Crippen LogP contribution is -2.36. The maximum atomic E-state index is 13.2. The summed E-state index contributed by atoms with van der Waals surface area (Å²) in [5.74, 6) is 2.09. The third-order valence-corrected chi connectivity index (χ3v) is 4.90. The summed E-state index contributed by atoms with van der Waals surface area (Å²) in [6.45, 7) is 10.7. The molecule has 3 rings (SSSR count). The zero-order valence-electron chi connectivity index (χ0n) is 16.2. The molecule has 0 bridgehead atoms. The third-order valence-electron chi connectivity index (χ3n) is 4.90. The van der Waals surface area contributed by atoms with Crippen LogP contribution in [0.2, 0.25) is 0 Å². The van der Waals surface area contributed by atoms with Crippen molar-refractivity contribution in [3.63, 3.8) is 0 Å². The summed E-state index contributed by atoms with van der Waals surface area (Å²) in [7, 11) is 0. The van der Waals surface area contributed by atoms with Crippen molar-refractivity contribution in [1.29, 1.82) is 0 Å². The lowest BCUT2D eigenvalue weighted by Gasteiger charge is -2.32. The molecule has 1 fully saturated rings. The van der Waals surface area contributed by atoms with Gasteiger partial charge in [0.2, 0.25) is 0 Å². The molecule has 0 aliphatic carbocycles. The lowest BCUT2D eigenvalue weighted by atomic mass is 10.0. The van der Waals surface area contributed by atoms with Crippen LogP contribution in [0.1, 0.15) is 48.6 Å². The molecule has 1 amide bonds. The van der Waals surface area contributed by atoms with Crippen LogP contribution in [0.5, 0.6) is 0 Å². The Balaban J connectivity index is 1.91. The fourth-order valence-corrected chi connectivity index (χ4v) is 3.60. The smallest absolute Gasteiger partial charge is 0.277 e. The number of hydrogen-bond donors (Lipinski definition) is 0. The second-order valence-corrected chi connectivity index (χ2v) is 7.24. The second-order valence-electron chi connectivity index (χ2n) is 7.24. The van der Waals surface area contributed by atoms with Gasteiger partial charge in [-0.05, 0) is 57.2 Å². The minimum Gasteiger partial charge on any atom is -0.356 e. The normalized spacial score (nSPS) is 17.2. The largest absolute Gasteiger partial charge is 0.356 e. The molecule has 1 aliphatic heterocycles. The molecule has 0 saturated carbocycles. The van der Waals surface area contributed by atoms with E-state index in [1.807, 2.05) is 51.1 Å². The number of amides is 1. The Morgan fingerprint density at radius 2 is 2.08 bits per heavy atom. The molecule has 1 saturated heterocycles. The van der Waals surface area contributed by atoms with Crippen molar-refractivity contribution in [2.75, 3.05) is 29.4 Å². The number of aromatic nitrogens is 2. The highest BCUT2D eigenvalue weighted by molar-refractivity contribution is 6.05. The summed E-state index contributed by atoms with van der Waals surface area (Å²) in [6.07, 6.45) is 2.42. The van der Waals surface area contributed by atoms with Crippen molar-refractivity contribution in [3.05, 3.63) is 47.4 Å². The molecule has 26 heavy (non-hydrogen) atoms. The monoisotopic (exact) mass is 352 g/mol. The van der Waals surface area contributed by atoms with Gasteiger partial charge >= 0.3 is 0 Å². The minimum atomic E-state index is -0.0742. The van der Waals surface area contributed by atoms with E-state index >= 15 is 0 Å². The Labute approximate surface area is 156 Å². The summed E-state index contributed by atoms with van der Waals surface area (Å²) in [6, 6.07) is 9.86. The first kappa shape index (κ1) is 18.4. The van der Waals surface area contributed by atoms with E-state index in [4.69, 9.17) is 0 Å². The quantitative estimate of drug-likeness (QED) is 0.835. The Bertz CT molecular complexity index is 789. The summed E-state index contributed by atoms with van der Waals surface area (Å²) in [5.41, 5.74) is 2.51. The van der Waals surface area contributed by atoms with E-state index < -0.39 is 0 Å². The average molecular weight is 352 g/mol. The molecule has 0 N–H and O–H groups in total. The van der Waals surface area contributed by atoms with Crippen molar-refractivity contribution in [1.82, 2.24) is 9.97 Å². The van der Waals surface area contributed by atoms with Crippen molar-refractivity contribution in [3.8, 4) is 0 Å². The number of benzene rings is 1. The fraction of sp³-hybridized carbons (Fsp3) is 0.476. The average Bonchev–Trinajstić information content (AvgIpc) is 2.62. The highest BCUT2D eigenvalue weighted by Gasteiger charge is 2.22. The lowest BCUT2D eigenvalue weighted by molar-refractivity contribution is 0.0983. The van der Waals surface area contributed by atoms with Crippen LogP contribution >= 0.6 is 0 Å². The van der Waals surface area contributed by atoms with Gasteiger partial charge in [0.05, 0.1) is 0 Å². The van der Waals surface area contributed by atoms with Gasteiger partial charge in [-0.15, -0.1) is 0 Å². The molecule has 138 valence electrons. The standard InChI is InChI=1S/C21H28N4O/c1-5-25(18-10-6-8-15(2)12-18)21(26)19-13-20(23-17(4)22-19)24-11-7-9-16(3)14-24/h6,8,10,12-13,16H,5,7,9,11,14H2,1-4H3. The van der Waals surface area contributed by atoms with Gasteiger partial charge in [0.1, 0.15) is 17.3 Å². The zero-order valence-corrected chi connectivity index (χ0v) is 16.2. The molecule has 0 radical (unpaired) electrons. The number of rotatable bonds is 4. The topological polar surface area (TPSA) is 49.3 Å². The number of carbonyl (C=O) groups is 1. The van der Waals surface area contributed by atoms with Crippen LogP contribution in [-0.4, -0.2) is 35.5 Å². The van der Waals surface area contributed by atoms with E-state index in [0.717, 1.165) is 36.6 Å². The Hall–Kier alpha value is -2.43. The van der Waals surface area contributed by atoms with Crippen LogP contribution in [0, 0.1) is 19.8 Å². The van der Waals surface area contributed by atoms with Crippen molar-refractivity contribution < 1.29 is 4.79 Å². The van der Waals surface area contributed by atoms with Gasteiger partial charge in [0.25, 0.3) is 5.91 Å². The Morgan fingerprint density at radius 3 is 2.77 bits per heavy atom. The Morgan fingerprint density at radius 1 is 1.27 bits per heavy atom. The predicted octanol–water partition coefficient (Wildman–Crippen LogP) is 4.00. The van der Waals surface area contributed by atoms with Gasteiger partial charge in [-0.1, -0.05) is 19.1 Å². The summed E-state index contributed by atoms with van der Waals surface area (Å²) >= 11 is 0. The van der Waals surface area contributed by atoms with Crippen LogP contribution in [0.3, 0.4) is 0 Å². The van der Waals surface area contributed by atoms with Crippen LogP contribution < -0.4 is 9.80 Å². The molecular weight excluding hydrogens is 324 g/mol. The number of carbonyl (C=O) groups excluding carboxylic acids is 1. The maximum Gasteiger partial charge on any atom is 0.277 e. The van der Waals surface area contributed by atoms with Crippen LogP contribution in [-0.2, 0) is 0 Å². The van der Waals surface area contributed by atoms with Gasteiger partial charge in [0, 0.05) is 31.4 Å². The molecule has 0 spiro atoms. The van der Waals surface area contributed by atoms with Gasteiger partial charge in [0.15, 0.2) is 0 Å². The highest BCUT2D eigenvalue weighted by Crippen LogP contribution is 2.23. The molecule has 1 unspecified atom stereocenters. The first-order valence-electron chi connectivity index (χ1n) is 9.47. The molecule has 2 aromatic rings. The molecule has 2 heterocycles. The van der Waals surface area contributed by atoms with Gasteiger partial charge < -0.3 is 9.80 Å². The summed E-state index contributed by atoms with van der Waals surface area (Å²) in [4.78, 5) is 26.2. The number of anilines is 2. The van der Waals surface area contributed by atoms with Crippen LogP contribution in [0.25, 0.3) is 0 Å². The predicted molar refractivity (Wildman–Crippen MR) is 106 cm³/mol. The van der Waals surface area contributed by atoms with Crippen LogP contribution in [0.15, 0.2) is 30.3 Å².